The van der Waals surface area contributed by atoms with Crippen molar-refractivity contribution in [2.75, 3.05) is 13.4 Å². The minimum absolute atomic E-state index is 0.00603. The van der Waals surface area contributed by atoms with Gasteiger partial charge in [0.1, 0.15) is 0 Å². The van der Waals surface area contributed by atoms with Crippen LogP contribution in [0.25, 0.3) is 0 Å². The Balaban J connectivity index is 2.80. The summed E-state index contributed by atoms with van der Waals surface area (Å²) in [4.78, 5) is 34.9. The van der Waals surface area contributed by atoms with E-state index in [9.17, 15) is 14.4 Å². The number of hydrogen-bond acceptors (Lipinski definition) is 5. The molecule has 0 aliphatic heterocycles. The quantitative estimate of drug-likeness (QED) is 0.561. The molecule has 2 N–H and O–H groups in total. The molecule has 1 aromatic rings. The largest absolute Gasteiger partial charge is 0.481 e. The smallest absolute Gasteiger partial charge is 0.307 e. The number of carboxylic acid groups (broad SMARTS) is 1. The number of carboxylic acids is 1. The molecule has 6 nitrogen and oxygen atoms in total. The maximum absolute atomic E-state index is 11.8. The Bertz CT molecular complexity index is 529. The highest BCUT2D eigenvalue weighted by molar-refractivity contribution is 7.98. The molecule has 0 aromatic heterocycles. The zero-order valence-corrected chi connectivity index (χ0v) is 13.3. The van der Waals surface area contributed by atoms with Gasteiger partial charge in [0.25, 0.3) is 0 Å². The Morgan fingerprint density at radius 3 is 2.36 bits per heavy atom. The highest BCUT2D eigenvalue weighted by Crippen LogP contribution is 2.22. The lowest BCUT2D eigenvalue weighted by atomic mass is 10.0. The number of rotatable bonds is 8. The van der Waals surface area contributed by atoms with Gasteiger partial charge in [0, 0.05) is 11.3 Å². The van der Waals surface area contributed by atoms with Gasteiger partial charge in [-0.2, -0.15) is 0 Å². The highest BCUT2D eigenvalue weighted by atomic mass is 32.2. The van der Waals surface area contributed by atoms with E-state index >= 15 is 0 Å². The van der Waals surface area contributed by atoms with Gasteiger partial charge >= 0.3 is 11.9 Å². The lowest BCUT2D eigenvalue weighted by Gasteiger charge is -2.18. The topological polar surface area (TPSA) is 92.7 Å². The van der Waals surface area contributed by atoms with Crippen LogP contribution in [0.2, 0.25) is 0 Å². The third-order valence-electron chi connectivity index (χ3n) is 3.02. The van der Waals surface area contributed by atoms with Gasteiger partial charge in [0.05, 0.1) is 26.0 Å². The molecule has 7 heteroatoms. The molecule has 1 rings (SSSR count). The average molecular weight is 325 g/mol. The van der Waals surface area contributed by atoms with Crippen molar-refractivity contribution in [3.05, 3.63) is 29.8 Å². The van der Waals surface area contributed by atoms with E-state index in [1.807, 2.05) is 30.5 Å². The highest BCUT2D eigenvalue weighted by Gasteiger charge is 2.19. The molecule has 0 spiro atoms. The van der Waals surface area contributed by atoms with Crippen molar-refractivity contribution >= 4 is 29.6 Å². The fourth-order valence-electron chi connectivity index (χ4n) is 1.83. The van der Waals surface area contributed by atoms with Gasteiger partial charge in [0.2, 0.25) is 5.91 Å². The number of ether oxygens (including phenoxy) is 1. The molecule has 0 aliphatic rings. The third kappa shape index (κ3) is 6.17. The summed E-state index contributed by atoms with van der Waals surface area (Å²) in [5.74, 6) is -1.90. The second-order valence-electron chi connectivity index (χ2n) is 4.57. The first-order valence-corrected chi connectivity index (χ1v) is 7.90. The maximum atomic E-state index is 11.8. The van der Waals surface area contributed by atoms with Crippen LogP contribution in [-0.2, 0) is 19.1 Å². The van der Waals surface area contributed by atoms with Gasteiger partial charge in [-0.25, -0.2) is 0 Å². The summed E-state index contributed by atoms with van der Waals surface area (Å²) in [6.45, 7) is 0. The predicted molar refractivity (Wildman–Crippen MR) is 82.6 cm³/mol. The van der Waals surface area contributed by atoms with Crippen LogP contribution < -0.4 is 5.32 Å². The molecule has 0 bridgehead atoms. The SMILES string of the molecule is COC(=O)C[C@H](NC(=O)CCC(=O)O)c1ccc(SC)cc1. The number of carbonyl (C=O) groups is 3. The molecule has 0 radical (unpaired) electrons. The number of esters is 1. The zero-order valence-electron chi connectivity index (χ0n) is 12.5. The number of amides is 1. The first-order valence-electron chi connectivity index (χ1n) is 6.68. The van der Waals surface area contributed by atoms with Crippen molar-refractivity contribution < 1.29 is 24.2 Å². The van der Waals surface area contributed by atoms with Crippen molar-refractivity contribution in [3.63, 3.8) is 0 Å². The van der Waals surface area contributed by atoms with E-state index in [2.05, 4.69) is 10.1 Å². The van der Waals surface area contributed by atoms with Crippen LogP contribution in [0.1, 0.15) is 30.9 Å². The van der Waals surface area contributed by atoms with E-state index < -0.39 is 23.9 Å². The number of thioether (sulfide) groups is 1. The van der Waals surface area contributed by atoms with Crippen LogP contribution in [0.15, 0.2) is 29.2 Å². The molecule has 1 aromatic carbocycles. The fourth-order valence-corrected chi connectivity index (χ4v) is 2.23. The van der Waals surface area contributed by atoms with Crippen molar-refractivity contribution in [3.8, 4) is 0 Å². The fraction of sp³-hybridized carbons (Fsp3) is 0.400. The molecule has 120 valence electrons. The summed E-state index contributed by atoms with van der Waals surface area (Å²) >= 11 is 1.59. The van der Waals surface area contributed by atoms with E-state index in [-0.39, 0.29) is 19.3 Å². The summed E-state index contributed by atoms with van der Waals surface area (Å²) in [5, 5.41) is 11.3. The zero-order chi connectivity index (χ0) is 16.5. The molecule has 0 heterocycles. The van der Waals surface area contributed by atoms with Gasteiger partial charge in [0.15, 0.2) is 0 Å². The molecule has 22 heavy (non-hydrogen) atoms. The van der Waals surface area contributed by atoms with Crippen LogP contribution in [0, 0.1) is 0 Å². The summed E-state index contributed by atoms with van der Waals surface area (Å²) in [7, 11) is 1.28. The van der Waals surface area contributed by atoms with Crippen molar-refractivity contribution in [1.29, 1.82) is 0 Å². The van der Waals surface area contributed by atoms with Crippen LogP contribution in [-0.4, -0.2) is 36.3 Å². The molecular formula is C15H19NO5S. The first kappa shape index (κ1) is 18.0. The standard InChI is InChI=1S/C15H19NO5S/c1-21-15(20)9-12(16-13(17)7-8-14(18)19)10-3-5-11(22-2)6-4-10/h3-6,12H,7-9H2,1-2H3,(H,16,17)(H,18,19)/t12-/m0/s1. The van der Waals surface area contributed by atoms with Gasteiger partial charge in [-0.3, -0.25) is 14.4 Å². The second kappa shape index (κ2) is 9.09. The van der Waals surface area contributed by atoms with Crippen LogP contribution in [0.3, 0.4) is 0 Å². The summed E-state index contributed by atoms with van der Waals surface area (Å²) < 4.78 is 4.64. The van der Waals surface area contributed by atoms with E-state index in [0.29, 0.717) is 0 Å². The van der Waals surface area contributed by atoms with Gasteiger partial charge in [-0.1, -0.05) is 12.1 Å². The Morgan fingerprint density at radius 2 is 1.86 bits per heavy atom. The number of benzene rings is 1. The lowest BCUT2D eigenvalue weighted by molar-refractivity contribution is -0.142. The second-order valence-corrected chi connectivity index (χ2v) is 5.45. The minimum Gasteiger partial charge on any atom is -0.481 e. The predicted octanol–water partition coefficient (Wildman–Crippen LogP) is 1.99. The third-order valence-corrected chi connectivity index (χ3v) is 3.76. The normalized spacial score (nSPS) is 11.5. The lowest BCUT2D eigenvalue weighted by Crippen LogP contribution is -2.30. The van der Waals surface area contributed by atoms with E-state index in [1.54, 1.807) is 11.8 Å². The Morgan fingerprint density at radius 1 is 1.23 bits per heavy atom. The molecule has 0 saturated carbocycles. The summed E-state index contributed by atoms with van der Waals surface area (Å²) in [6.07, 6.45) is 1.57. The number of hydrogen-bond donors (Lipinski definition) is 2. The van der Waals surface area contributed by atoms with Crippen molar-refractivity contribution in [1.82, 2.24) is 5.32 Å². The monoisotopic (exact) mass is 325 g/mol. The van der Waals surface area contributed by atoms with Gasteiger partial charge in [-0.15, -0.1) is 11.8 Å². The van der Waals surface area contributed by atoms with Crippen LogP contribution in [0.4, 0.5) is 0 Å². The number of methoxy groups -OCH3 is 1. The van der Waals surface area contributed by atoms with Crippen LogP contribution >= 0.6 is 11.8 Å². The summed E-state index contributed by atoms with van der Waals surface area (Å²) in [5.41, 5.74) is 0.770. The molecule has 0 saturated heterocycles. The molecule has 1 amide bonds. The molecule has 0 unspecified atom stereocenters. The van der Waals surface area contributed by atoms with Crippen molar-refractivity contribution in [2.45, 2.75) is 30.2 Å². The number of aliphatic carboxylic acids is 1. The maximum Gasteiger partial charge on any atom is 0.307 e. The summed E-state index contributed by atoms with van der Waals surface area (Å²) in [6, 6.07) is 6.92. The average Bonchev–Trinajstić information content (AvgIpc) is 2.52. The Kier molecular flexibility index (Phi) is 7.45. The van der Waals surface area contributed by atoms with E-state index in [1.165, 1.54) is 7.11 Å². The molecular weight excluding hydrogens is 306 g/mol. The van der Waals surface area contributed by atoms with Crippen LogP contribution in [0.5, 0.6) is 0 Å². The van der Waals surface area contributed by atoms with E-state index in [0.717, 1.165) is 10.5 Å². The van der Waals surface area contributed by atoms with E-state index in [4.69, 9.17) is 5.11 Å². The number of nitrogens with one attached hydrogen (secondary N) is 1. The number of carbonyl (C=O) groups excluding carboxylic acids is 2. The Hall–Kier alpha value is -2.02. The minimum atomic E-state index is -1.04. The Labute approximate surface area is 133 Å². The van der Waals surface area contributed by atoms with Gasteiger partial charge < -0.3 is 15.2 Å². The molecule has 1 atom stereocenters. The first-order chi connectivity index (χ1) is 10.5. The van der Waals surface area contributed by atoms with Crippen molar-refractivity contribution in [2.24, 2.45) is 0 Å². The van der Waals surface area contributed by atoms with Gasteiger partial charge in [-0.05, 0) is 24.0 Å². The molecule has 0 aliphatic carbocycles. The molecule has 0 fully saturated rings.